The fourth-order valence-electron chi connectivity index (χ4n) is 1.37. The maximum absolute atomic E-state index is 11.5. The van der Waals surface area contributed by atoms with Crippen LogP contribution in [-0.4, -0.2) is 19.0 Å². The zero-order chi connectivity index (χ0) is 12.7. The summed E-state index contributed by atoms with van der Waals surface area (Å²) in [7, 11) is 0. The fourth-order valence-corrected chi connectivity index (χ4v) is 1.57. The van der Waals surface area contributed by atoms with Gasteiger partial charge in [-0.2, -0.15) is 0 Å². The molecule has 0 aromatic heterocycles. The molecule has 0 bridgehead atoms. The van der Waals surface area contributed by atoms with Crippen molar-refractivity contribution in [3.05, 3.63) is 34.9 Å². The highest BCUT2D eigenvalue weighted by Crippen LogP contribution is 2.13. The third-order valence-corrected chi connectivity index (χ3v) is 2.64. The molecular formula is C13H19ClN2O. The zero-order valence-corrected chi connectivity index (χ0v) is 11.1. The monoisotopic (exact) mass is 254 g/mol. The maximum atomic E-state index is 11.5. The van der Waals surface area contributed by atoms with Crippen molar-refractivity contribution in [3.8, 4) is 0 Å². The molecule has 4 heteroatoms. The Morgan fingerprint density at radius 1 is 1.35 bits per heavy atom. The molecule has 0 aliphatic rings. The molecule has 2 N–H and O–H groups in total. The molecule has 0 unspecified atom stereocenters. The molecule has 17 heavy (non-hydrogen) atoms. The van der Waals surface area contributed by atoms with Gasteiger partial charge in [0.2, 0.25) is 5.91 Å². The van der Waals surface area contributed by atoms with E-state index in [-0.39, 0.29) is 5.91 Å². The van der Waals surface area contributed by atoms with Crippen LogP contribution >= 0.6 is 11.6 Å². The van der Waals surface area contributed by atoms with Crippen LogP contribution in [0.15, 0.2) is 24.3 Å². The van der Waals surface area contributed by atoms with Crippen molar-refractivity contribution in [2.45, 2.75) is 20.4 Å². The van der Waals surface area contributed by atoms with Gasteiger partial charge < -0.3 is 10.6 Å². The summed E-state index contributed by atoms with van der Waals surface area (Å²) in [6.07, 6.45) is 0. The van der Waals surface area contributed by atoms with Gasteiger partial charge in [-0.15, -0.1) is 0 Å². The molecule has 0 radical (unpaired) electrons. The van der Waals surface area contributed by atoms with Crippen LogP contribution in [0.3, 0.4) is 0 Å². The van der Waals surface area contributed by atoms with E-state index in [9.17, 15) is 4.79 Å². The van der Waals surface area contributed by atoms with E-state index in [0.717, 1.165) is 12.1 Å². The van der Waals surface area contributed by atoms with Crippen LogP contribution in [0.4, 0.5) is 0 Å². The average molecular weight is 255 g/mol. The molecule has 1 aromatic carbocycles. The normalized spacial score (nSPS) is 10.6. The average Bonchev–Trinajstić information content (AvgIpc) is 2.27. The van der Waals surface area contributed by atoms with Gasteiger partial charge in [0.05, 0.1) is 6.54 Å². The Kier molecular flexibility index (Phi) is 6.01. The second-order valence-corrected chi connectivity index (χ2v) is 4.80. The fraction of sp³-hybridized carbons (Fsp3) is 0.462. The molecule has 0 saturated heterocycles. The van der Waals surface area contributed by atoms with Gasteiger partial charge in [0.25, 0.3) is 0 Å². The Morgan fingerprint density at radius 2 is 2.06 bits per heavy atom. The van der Waals surface area contributed by atoms with Crippen LogP contribution in [0, 0.1) is 5.92 Å². The van der Waals surface area contributed by atoms with Crippen LogP contribution in [0.2, 0.25) is 5.02 Å². The molecule has 0 heterocycles. The van der Waals surface area contributed by atoms with Gasteiger partial charge in [-0.25, -0.2) is 0 Å². The molecule has 0 atom stereocenters. The van der Waals surface area contributed by atoms with Gasteiger partial charge in [0, 0.05) is 11.6 Å². The number of halogens is 1. The van der Waals surface area contributed by atoms with Gasteiger partial charge in [-0.1, -0.05) is 43.6 Å². The van der Waals surface area contributed by atoms with E-state index >= 15 is 0 Å². The molecule has 94 valence electrons. The van der Waals surface area contributed by atoms with Crippen molar-refractivity contribution in [2.24, 2.45) is 5.92 Å². The quantitative estimate of drug-likeness (QED) is 0.817. The van der Waals surface area contributed by atoms with Gasteiger partial charge >= 0.3 is 0 Å². The number of hydrogen-bond donors (Lipinski definition) is 2. The Balaban J connectivity index is 2.26. The van der Waals surface area contributed by atoms with Crippen molar-refractivity contribution in [1.82, 2.24) is 10.6 Å². The number of carbonyl (C=O) groups is 1. The maximum Gasteiger partial charge on any atom is 0.234 e. The Hall–Kier alpha value is -1.06. The minimum absolute atomic E-state index is 0.00873. The molecule has 1 aromatic rings. The lowest BCUT2D eigenvalue weighted by Crippen LogP contribution is -2.35. The SMILES string of the molecule is CC(C)CNCC(=O)NCc1ccccc1Cl. The van der Waals surface area contributed by atoms with Crippen LogP contribution in [-0.2, 0) is 11.3 Å². The Labute approximate surface area is 108 Å². The summed E-state index contributed by atoms with van der Waals surface area (Å²) in [5.74, 6) is 0.539. The molecule has 0 fully saturated rings. The third-order valence-electron chi connectivity index (χ3n) is 2.27. The van der Waals surface area contributed by atoms with Gasteiger partial charge in [-0.3, -0.25) is 4.79 Å². The summed E-state index contributed by atoms with van der Waals surface area (Å²) >= 11 is 5.99. The van der Waals surface area contributed by atoms with Crippen molar-refractivity contribution >= 4 is 17.5 Å². The van der Waals surface area contributed by atoms with E-state index in [1.807, 2.05) is 24.3 Å². The van der Waals surface area contributed by atoms with Gasteiger partial charge in [-0.05, 0) is 24.1 Å². The number of nitrogens with one attached hydrogen (secondary N) is 2. The van der Waals surface area contributed by atoms with Crippen molar-refractivity contribution in [1.29, 1.82) is 0 Å². The van der Waals surface area contributed by atoms with Crippen LogP contribution in [0.5, 0.6) is 0 Å². The number of amides is 1. The smallest absolute Gasteiger partial charge is 0.234 e. The van der Waals surface area contributed by atoms with Crippen molar-refractivity contribution in [3.63, 3.8) is 0 Å². The van der Waals surface area contributed by atoms with Crippen molar-refractivity contribution < 1.29 is 4.79 Å². The number of rotatable bonds is 6. The molecular weight excluding hydrogens is 236 g/mol. The minimum atomic E-state index is -0.00873. The highest BCUT2D eigenvalue weighted by Gasteiger charge is 2.03. The lowest BCUT2D eigenvalue weighted by atomic mass is 10.2. The second-order valence-electron chi connectivity index (χ2n) is 4.39. The van der Waals surface area contributed by atoms with Crippen LogP contribution < -0.4 is 10.6 Å². The summed E-state index contributed by atoms with van der Waals surface area (Å²) < 4.78 is 0. The van der Waals surface area contributed by atoms with E-state index < -0.39 is 0 Å². The van der Waals surface area contributed by atoms with Crippen LogP contribution in [0.25, 0.3) is 0 Å². The van der Waals surface area contributed by atoms with E-state index in [1.165, 1.54) is 0 Å². The third kappa shape index (κ3) is 5.71. The molecule has 1 amide bonds. The summed E-state index contributed by atoms with van der Waals surface area (Å²) in [6, 6.07) is 7.51. The van der Waals surface area contributed by atoms with Gasteiger partial charge in [0.1, 0.15) is 0 Å². The molecule has 0 aliphatic heterocycles. The molecule has 1 rings (SSSR count). The first-order valence-electron chi connectivity index (χ1n) is 5.80. The van der Waals surface area contributed by atoms with Gasteiger partial charge in [0.15, 0.2) is 0 Å². The topological polar surface area (TPSA) is 41.1 Å². The lowest BCUT2D eigenvalue weighted by molar-refractivity contribution is -0.120. The van der Waals surface area contributed by atoms with E-state index in [0.29, 0.717) is 24.0 Å². The second kappa shape index (κ2) is 7.30. The summed E-state index contributed by atoms with van der Waals surface area (Å²) in [5.41, 5.74) is 0.936. The molecule has 3 nitrogen and oxygen atoms in total. The standard InChI is InChI=1S/C13H19ClN2O/c1-10(2)7-15-9-13(17)16-8-11-5-3-4-6-12(11)14/h3-6,10,15H,7-9H2,1-2H3,(H,16,17). The molecule has 0 saturated carbocycles. The molecule has 0 aliphatic carbocycles. The van der Waals surface area contributed by atoms with E-state index in [4.69, 9.17) is 11.6 Å². The minimum Gasteiger partial charge on any atom is -0.351 e. The van der Waals surface area contributed by atoms with Crippen LogP contribution in [0.1, 0.15) is 19.4 Å². The Morgan fingerprint density at radius 3 is 2.71 bits per heavy atom. The summed E-state index contributed by atoms with van der Waals surface area (Å²) in [6.45, 7) is 5.88. The largest absolute Gasteiger partial charge is 0.351 e. The van der Waals surface area contributed by atoms with E-state index in [2.05, 4.69) is 24.5 Å². The first-order chi connectivity index (χ1) is 8.09. The summed E-state index contributed by atoms with van der Waals surface area (Å²) in [4.78, 5) is 11.5. The highest BCUT2D eigenvalue weighted by molar-refractivity contribution is 6.31. The zero-order valence-electron chi connectivity index (χ0n) is 10.3. The predicted molar refractivity (Wildman–Crippen MR) is 71.0 cm³/mol. The predicted octanol–water partition coefficient (Wildman–Crippen LogP) is 2.20. The summed E-state index contributed by atoms with van der Waals surface area (Å²) in [5, 5.41) is 6.60. The number of hydrogen-bond acceptors (Lipinski definition) is 2. The number of benzene rings is 1. The number of carbonyl (C=O) groups excluding carboxylic acids is 1. The van der Waals surface area contributed by atoms with E-state index in [1.54, 1.807) is 0 Å². The highest BCUT2D eigenvalue weighted by atomic mass is 35.5. The first kappa shape index (κ1) is 14.0. The first-order valence-corrected chi connectivity index (χ1v) is 6.18. The van der Waals surface area contributed by atoms with Crippen molar-refractivity contribution in [2.75, 3.05) is 13.1 Å². The lowest BCUT2D eigenvalue weighted by Gasteiger charge is -2.09. The Bertz CT molecular complexity index is 366. The molecule has 0 spiro atoms.